The highest BCUT2D eigenvalue weighted by molar-refractivity contribution is 5.76. The van der Waals surface area contributed by atoms with Crippen molar-refractivity contribution in [2.24, 2.45) is 5.73 Å². The molecule has 0 atom stereocenters. The van der Waals surface area contributed by atoms with E-state index in [1.165, 1.54) is 0 Å². The van der Waals surface area contributed by atoms with Crippen molar-refractivity contribution in [2.75, 3.05) is 6.61 Å². The fourth-order valence-electron chi connectivity index (χ4n) is 1.45. The first-order valence-electron chi connectivity index (χ1n) is 5.24. The molecular formula is C10H20N2O2. The molecule has 0 aromatic rings. The monoisotopic (exact) mass is 200 g/mol. The zero-order chi connectivity index (χ0) is 10.6. The van der Waals surface area contributed by atoms with Crippen LogP contribution in [-0.2, 0) is 9.53 Å². The second-order valence-corrected chi connectivity index (χ2v) is 4.20. The van der Waals surface area contributed by atoms with Gasteiger partial charge in [-0.2, -0.15) is 0 Å². The zero-order valence-corrected chi connectivity index (χ0v) is 8.95. The Morgan fingerprint density at radius 1 is 1.57 bits per heavy atom. The van der Waals surface area contributed by atoms with E-state index >= 15 is 0 Å². The SMILES string of the molecule is CC(C)NC(=O)CCOC1CC(N)C1. The maximum atomic E-state index is 11.2. The molecule has 1 aliphatic rings. The second kappa shape index (κ2) is 5.32. The topological polar surface area (TPSA) is 64.3 Å². The van der Waals surface area contributed by atoms with E-state index < -0.39 is 0 Å². The van der Waals surface area contributed by atoms with Gasteiger partial charge < -0.3 is 15.8 Å². The molecule has 0 spiro atoms. The summed E-state index contributed by atoms with van der Waals surface area (Å²) < 4.78 is 5.46. The Morgan fingerprint density at radius 2 is 2.21 bits per heavy atom. The number of nitrogens with two attached hydrogens (primary N) is 1. The normalized spacial score (nSPS) is 26.0. The van der Waals surface area contributed by atoms with Crippen molar-refractivity contribution in [3.05, 3.63) is 0 Å². The summed E-state index contributed by atoms with van der Waals surface area (Å²) in [5.74, 6) is 0.0589. The lowest BCUT2D eigenvalue weighted by Crippen LogP contribution is -2.42. The number of amides is 1. The van der Waals surface area contributed by atoms with Crippen LogP contribution in [0.4, 0.5) is 0 Å². The van der Waals surface area contributed by atoms with Gasteiger partial charge in [-0.1, -0.05) is 0 Å². The Labute approximate surface area is 85.2 Å². The van der Waals surface area contributed by atoms with Gasteiger partial charge in [-0.15, -0.1) is 0 Å². The van der Waals surface area contributed by atoms with E-state index in [0.717, 1.165) is 12.8 Å². The van der Waals surface area contributed by atoms with Crippen molar-refractivity contribution in [1.29, 1.82) is 0 Å². The van der Waals surface area contributed by atoms with Crippen molar-refractivity contribution in [1.82, 2.24) is 5.32 Å². The minimum Gasteiger partial charge on any atom is -0.378 e. The number of nitrogens with one attached hydrogen (secondary N) is 1. The Kier molecular flexibility index (Phi) is 4.35. The fourth-order valence-corrected chi connectivity index (χ4v) is 1.45. The molecule has 0 saturated heterocycles. The highest BCUT2D eigenvalue weighted by Crippen LogP contribution is 2.20. The molecule has 4 heteroatoms. The maximum Gasteiger partial charge on any atom is 0.222 e. The number of hydrogen-bond acceptors (Lipinski definition) is 3. The van der Waals surface area contributed by atoms with Crippen LogP contribution in [0, 0.1) is 0 Å². The molecular weight excluding hydrogens is 180 g/mol. The lowest BCUT2D eigenvalue weighted by atomic mass is 9.90. The Hall–Kier alpha value is -0.610. The second-order valence-electron chi connectivity index (χ2n) is 4.20. The van der Waals surface area contributed by atoms with E-state index in [0.29, 0.717) is 19.1 Å². The first-order chi connectivity index (χ1) is 6.58. The molecule has 1 amide bonds. The molecule has 0 radical (unpaired) electrons. The Balaban J connectivity index is 1.96. The van der Waals surface area contributed by atoms with Gasteiger partial charge in [0.05, 0.1) is 12.7 Å². The van der Waals surface area contributed by atoms with E-state index in [1.54, 1.807) is 0 Å². The molecule has 0 aromatic carbocycles. The van der Waals surface area contributed by atoms with Crippen LogP contribution in [0.5, 0.6) is 0 Å². The van der Waals surface area contributed by atoms with E-state index in [9.17, 15) is 4.79 Å². The molecule has 0 unspecified atom stereocenters. The molecule has 0 bridgehead atoms. The minimum absolute atomic E-state index is 0.0589. The molecule has 1 fully saturated rings. The van der Waals surface area contributed by atoms with Gasteiger partial charge >= 0.3 is 0 Å². The first kappa shape index (κ1) is 11.5. The largest absolute Gasteiger partial charge is 0.378 e. The molecule has 1 saturated carbocycles. The van der Waals surface area contributed by atoms with Crippen LogP contribution in [0.2, 0.25) is 0 Å². The highest BCUT2D eigenvalue weighted by atomic mass is 16.5. The third-order valence-corrected chi connectivity index (χ3v) is 2.26. The molecule has 0 aliphatic heterocycles. The summed E-state index contributed by atoms with van der Waals surface area (Å²) in [6.45, 7) is 4.41. The van der Waals surface area contributed by atoms with Crippen molar-refractivity contribution in [3.8, 4) is 0 Å². The zero-order valence-electron chi connectivity index (χ0n) is 8.95. The van der Waals surface area contributed by atoms with Gasteiger partial charge in [-0.25, -0.2) is 0 Å². The molecule has 4 nitrogen and oxygen atoms in total. The lowest BCUT2D eigenvalue weighted by molar-refractivity contribution is -0.123. The lowest BCUT2D eigenvalue weighted by Gasteiger charge is -2.32. The molecule has 1 rings (SSSR count). The maximum absolute atomic E-state index is 11.2. The van der Waals surface area contributed by atoms with Crippen LogP contribution >= 0.6 is 0 Å². The number of ether oxygens (including phenoxy) is 1. The average molecular weight is 200 g/mol. The van der Waals surface area contributed by atoms with Crippen LogP contribution in [-0.4, -0.2) is 30.7 Å². The summed E-state index contributed by atoms with van der Waals surface area (Å²) in [6, 6.07) is 0.518. The van der Waals surface area contributed by atoms with Crippen LogP contribution in [0.15, 0.2) is 0 Å². The summed E-state index contributed by atoms with van der Waals surface area (Å²) in [6.07, 6.45) is 2.61. The van der Waals surface area contributed by atoms with Crippen LogP contribution in [0.1, 0.15) is 33.1 Å². The third kappa shape index (κ3) is 4.07. The molecule has 0 aromatic heterocycles. The molecule has 3 N–H and O–H groups in total. The number of carbonyl (C=O) groups excluding carboxylic acids is 1. The molecule has 1 aliphatic carbocycles. The predicted octanol–water partition coefficient (Wildman–Crippen LogP) is 0.407. The summed E-state index contributed by atoms with van der Waals surface area (Å²) in [5, 5.41) is 2.82. The van der Waals surface area contributed by atoms with Crippen LogP contribution < -0.4 is 11.1 Å². The van der Waals surface area contributed by atoms with Gasteiger partial charge in [0, 0.05) is 18.5 Å². The number of carbonyl (C=O) groups is 1. The molecule has 14 heavy (non-hydrogen) atoms. The predicted molar refractivity (Wildman–Crippen MR) is 54.8 cm³/mol. The summed E-state index contributed by atoms with van der Waals surface area (Å²) >= 11 is 0. The third-order valence-electron chi connectivity index (χ3n) is 2.26. The Bertz CT molecular complexity index is 189. The number of rotatable bonds is 5. The Morgan fingerprint density at radius 3 is 2.71 bits per heavy atom. The van der Waals surface area contributed by atoms with Gasteiger partial charge in [0.1, 0.15) is 0 Å². The summed E-state index contributed by atoms with van der Waals surface area (Å²) in [7, 11) is 0. The van der Waals surface area contributed by atoms with Gasteiger partial charge in [0.2, 0.25) is 5.91 Å². The summed E-state index contributed by atoms with van der Waals surface area (Å²) in [5.41, 5.74) is 5.61. The minimum atomic E-state index is 0.0589. The van der Waals surface area contributed by atoms with E-state index in [-0.39, 0.29) is 18.1 Å². The van der Waals surface area contributed by atoms with E-state index in [1.807, 2.05) is 13.8 Å². The highest BCUT2D eigenvalue weighted by Gasteiger charge is 2.26. The fraction of sp³-hybridized carbons (Fsp3) is 0.900. The van der Waals surface area contributed by atoms with Crippen molar-refractivity contribution >= 4 is 5.91 Å². The summed E-state index contributed by atoms with van der Waals surface area (Å²) in [4.78, 5) is 11.2. The van der Waals surface area contributed by atoms with Crippen LogP contribution in [0.3, 0.4) is 0 Å². The van der Waals surface area contributed by atoms with E-state index in [2.05, 4.69) is 5.32 Å². The number of hydrogen-bond donors (Lipinski definition) is 2. The van der Waals surface area contributed by atoms with Gasteiger partial charge in [0.25, 0.3) is 0 Å². The van der Waals surface area contributed by atoms with Crippen molar-refractivity contribution < 1.29 is 9.53 Å². The smallest absolute Gasteiger partial charge is 0.222 e. The molecule has 0 heterocycles. The van der Waals surface area contributed by atoms with E-state index in [4.69, 9.17) is 10.5 Å². The van der Waals surface area contributed by atoms with Crippen molar-refractivity contribution in [2.45, 2.75) is 51.3 Å². The average Bonchev–Trinajstić information content (AvgIpc) is 1.99. The van der Waals surface area contributed by atoms with Gasteiger partial charge in [0.15, 0.2) is 0 Å². The quantitative estimate of drug-likeness (QED) is 0.675. The van der Waals surface area contributed by atoms with Gasteiger partial charge in [-0.05, 0) is 26.7 Å². The molecule has 82 valence electrons. The standard InChI is InChI=1S/C10H20N2O2/c1-7(2)12-10(13)3-4-14-9-5-8(11)6-9/h7-9H,3-6,11H2,1-2H3,(H,12,13). The van der Waals surface area contributed by atoms with Crippen LogP contribution in [0.25, 0.3) is 0 Å². The van der Waals surface area contributed by atoms with Gasteiger partial charge in [-0.3, -0.25) is 4.79 Å². The van der Waals surface area contributed by atoms with Crippen molar-refractivity contribution in [3.63, 3.8) is 0 Å². The first-order valence-corrected chi connectivity index (χ1v) is 5.24.